The van der Waals surface area contributed by atoms with Gasteiger partial charge in [-0.05, 0) is 31.4 Å². The highest BCUT2D eigenvalue weighted by atomic mass is 32.2. The molecule has 162 valence electrons. The molecule has 4 rings (SSSR count). The zero-order valence-corrected chi connectivity index (χ0v) is 18.8. The number of sulfonamides is 1. The lowest BCUT2D eigenvalue weighted by molar-refractivity contribution is -0.132. The fourth-order valence-electron chi connectivity index (χ4n) is 4.31. The molecule has 3 aliphatic heterocycles. The van der Waals surface area contributed by atoms with Crippen LogP contribution in [0.3, 0.4) is 0 Å². The molecule has 4 heterocycles. The normalized spacial score (nSPS) is 26.2. The van der Waals surface area contributed by atoms with Crippen molar-refractivity contribution in [3.05, 3.63) is 17.0 Å². The minimum absolute atomic E-state index is 0.00401. The molecule has 0 saturated carbocycles. The van der Waals surface area contributed by atoms with Crippen molar-refractivity contribution < 1.29 is 21.6 Å². The van der Waals surface area contributed by atoms with Crippen LogP contribution in [0.25, 0.3) is 0 Å². The summed E-state index contributed by atoms with van der Waals surface area (Å²) in [5.74, 6) is 0.484. The largest absolute Gasteiger partial charge is 0.340 e. The lowest BCUT2D eigenvalue weighted by Gasteiger charge is -2.37. The predicted octanol–water partition coefficient (Wildman–Crippen LogP) is 0.406. The van der Waals surface area contributed by atoms with E-state index in [1.807, 2.05) is 0 Å². The number of carbonyl (C=O) groups is 1. The Bertz CT molecular complexity index is 959. The maximum Gasteiger partial charge on any atom is 0.252 e. The first-order valence-corrected chi connectivity index (χ1v) is 14.1. The number of hydrogen-bond donors (Lipinski definition) is 0. The fourth-order valence-corrected chi connectivity index (χ4v) is 9.09. The maximum absolute atomic E-state index is 12.7. The molecule has 1 atom stereocenters. The first kappa shape index (κ1) is 21.2. The Morgan fingerprint density at radius 1 is 1.07 bits per heavy atom. The average Bonchev–Trinajstić information content (AvgIpc) is 3.42. The van der Waals surface area contributed by atoms with Crippen molar-refractivity contribution in [3.8, 4) is 0 Å². The highest BCUT2D eigenvalue weighted by Crippen LogP contribution is 2.28. The molecular formula is C18H27N3O5S3. The summed E-state index contributed by atoms with van der Waals surface area (Å²) < 4.78 is 50.5. The summed E-state index contributed by atoms with van der Waals surface area (Å²) in [5, 5.41) is 0. The van der Waals surface area contributed by atoms with Crippen LogP contribution in [0, 0.1) is 0 Å². The second kappa shape index (κ2) is 8.26. The van der Waals surface area contributed by atoms with Crippen LogP contribution in [-0.4, -0.2) is 93.7 Å². The summed E-state index contributed by atoms with van der Waals surface area (Å²) in [4.78, 5) is 17.4. The van der Waals surface area contributed by atoms with Gasteiger partial charge in [0.05, 0.1) is 17.9 Å². The number of piperazine rings is 1. The van der Waals surface area contributed by atoms with E-state index in [9.17, 15) is 21.6 Å². The van der Waals surface area contributed by atoms with Crippen molar-refractivity contribution in [1.29, 1.82) is 0 Å². The molecule has 3 saturated heterocycles. The van der Waals surface area contributed by atoms with Gasteiger partial charge in [-0.2, -0.15) is 4.31 Å². The van der Waals surface area contributed by atoms with Crippen molar-refractivity contribution >= 4 is 37.1 Å². The summed E-state index contributed by atoms with van der Waals surface area (Å²) in [6.07, 6.45) is 2.68. The molecule has 29 heavy (non-hydrogen) atoms. The third-order valence-electron chi connectivity index (χ3n) is 6.01. The van der Waals surface area contributed by atoms with Crippen LogP contribution < -0.4 is 0 Å². The summed E-state index contributed by atoms with van der Waals surface area (Å²) in [5.41, 5.74) is 0. The Hall–Kier alpha value is -1.01. The molecule has 0 aromatic carbocycles. The molecule has 0 spiro atoms. The van der Waals surface area contributed by atoms with Crippen LogP contribution in [0.2, 0.25) is 0 Å². The van der Waals surface area contributed by atoms with E-state index in [1.54, 1.807) is 17.0 Å². The van der Waals surface area contributed by atoms with E-state index in [2.05, 4.69) is 4.90 Å². The topological polar surface area (TPSA) is 95.1 Å². The van der Waals surface area contributed by atoms with Gasteiger partial charge in [0.2, 0.25) is 5.91 Å². The summed E-state index contributed by atoms with van der Waals surface area (Å²) >= 11 is 1.19. The van der Waals surface area contributed by atoms with Gasteiger partial charge in [0.1, 0.15) is 4.21 Å². The van der Waals surface area contributed by atoms with Gasteiger partial charge in [-0.3, -0.25) is 9.69 Å². The summed E-state index contributed by atoms with van der Waals surface area (Å²) in [6.45, 7) is 3.68. The zero-order chi connectivity index (χ0) is 20.6. The maximum atomic E-state index is 12.7. The van der Waals surface area contributed by atoms with Crippen molar-refractivity contribution in [2.45, 2.75) is 35.9 Å². The van der Waals surface area contributed by atoms with Crippen molar-refractivity contribution in [2.75, 3.05) is 50.8 Å². The molecule has 3 aliphatic rings. The van der Waals surface area contributed by atoms with Crippen LogP contribution in [0.15, 0.2) is 16.3 Å². The lowest BCUT2D eigenvalue weighted by Crippen LogP contribution is -2.52. The van der Waals surface area contributed by atoms with E-state index >= 15 is 0 Å². The third-order valence-corrected chi connectivity index (χ3v) is 11.2. The number of carbonyl (C=O) groups excluding carboxylic acids is 1. The van der Waals surface area contributed by atoms with Crippen molar-refractivity contribution in [3.63, 3.8) is 0 Å². The monoisotopic (exact) mass is 461 g/mol. The van der Waals surface area contributed by atoms with Crippen LogP contribution in [0.1, 0.15) is 24.1 Å². The molecule has 0 aliphatic carbocycles. The molecule has 0 N–H and O–H groups in total. The van der Waals surface area contributed by atoms with Gasteiger partial charge in [0.25, 0.3) is 10.0 Å². The minimum Gasteiger partial charge on any atom is -0.340 e. The number of sulfone groups is 1. The average molecular weight is 462 g/mol. The van der Waals surface area contributed by atoms with Gasteiger partial charge >= 0.3 is 0 Å². The fraction of sp³-hybridized carbons (Fsp3) is 0.722. The molecule has 0 bridgehead atoms. The van der Waals surface area contributed by atoms with E-state index in [0.717, 1.165) is 17.7 Å². The smallest absolute Gasteiger partial charge is 0.252 e. The van der Waals surface area contributed by atoms with E-state index in [-0.39, 0.29) is 29.9 Å². The lowest BCUT2D eigenvalue weighted by atomic mass is 10.2. The van der Waals surface area contributed by atoms with Gasteiger partial charge in [-0.1, -0.05) is 0 Å². The molecule has 8 nitrogen and oxygen atoms in total. The Kier molecular flexibility index (Phi) is 6.04. The van der Waals surface area contributed by atoms with Gasteiger partial charge in [0, 0.05) is 50.2 Å². The predicted molar refractivity (Wildman–Crippen MR) is 111 cm³/mol. The van der Waals surface area contributed by atoms with Crippen molar-refractivity contribution in [1.82, 2.24) is 14.1 Å². The summed E-state index contributed by atoms with van der Waals surface area (Å²) in [7, 11) is -6.34. The minimum atomic E-state index is -3.43. The van der Waals surface area contributed by atoms with E-state index < -0.39 is 19.9 Å². The molecular weight excluding hydrogens is 434 g/mol. The van der Waals surface area contributed by atoms with Crippen LogP contribution in [0.5, 0.6) is 0 Å². The van der Waals surface area contributed by atoms with Crippen LogP contribution in [-0.2, 0) is 31.1 Å². The first-order chi connectivity index (χ1) is 13.7. The number of rotatable bonds is 5. The molecule has 0 radical (unpaired) electrons. The first-order valence-electron chi connectivity index (χ1n) is 10.1. The van der Waals surface area contributed by atoms with Gasteiger partial charge < -0.3 is 4.90 Å². The van der Waals surface area contributed by atoms with Crippen LogP contribution >= 0.6 is 11.3 Å². The van der Waals surface area contributed by atoms with Gasteiger partial charge in [-0.25, -0.2) is 16.8 Å². The summed E-state index contributed by atoms with van der Waals surface area (Å²) in [6, 6.07) is 3.43. The Labute approximate surface area is 176 Å². The quantitative estimate of drug-likeness (QED) is 0.630. The molecule has 3 fully saturated rings. The van der Waals surface area contributed by atoms with E-state index in [1.165, 1.54) is 15.6 Å². The highest BCUT2D eigenvalue weighted by Gasteiger charge is 2.34. The van der Waals surface area contributed by atoms with Crippen molar-refractivity contribution in [2.24, 2.45) is 0 Å². The standard InChI is InChI=1S/C18H27N3O5S3/c22-17(20-10-8-19(9-11-20)15-5-12-28(23,24)14-15)13-16-3-4-18(27-16)29(25,26)21-6-1-2-7-21/h3-4,15H,1-2,5-14H2. The SMILES string of the molecule is O=C(Cc1ccc(S(=O)(=O)N2CCCC2)s1)N1CCN(C2CCS(=O)(=O)C2)CC1. The molecule has 1 amide bonds. The molecule has 11 heteroatoms. The zero-order valence-electron chi connectivity index (χ0n) is 16.3. The van der Waals surface area contributed by atoms with Gasteiger partial charge in [-0.15, -0.1) is 11.3 Å². The number of hydrogen-bond acceptors (Lipinski definition) is 7. The Balaban J connectivity index is 1.31. The highest BCUT2D eigenvalue weighted by molar-refractivity contribution is 7.91. The van der Waals surface area contributed by atoms with Crippen LogP contribution in [0.4, 0.5) is 0 Å². The number of nitrogens with zero attached hydrogens (tertiary/aromatic N) is 3. The van der Waals surface area contributed by atoms with Gasteiger partial charge in [0.15, 0.2) is 9.84 Å². The van der Waals surface area contributed by atoms with E-state index in [4.69, 9.17) is 0 Å². The second-order valence-corrected chi connectivity index (χ2v) is 13.5. The molecule has 1 aromatic heterocycles. The third kappa shape index (κ3) is 4.68. The number of thiophene rings is 1. The second-order valence-electron chi connectivity index (χ2n) is 7.98. The molecule has 1 unspecified atom stereocenters. The molecule has 1 aromatic rings. The Morgan fingerprint density at radius 2 is 1.76 bits per heavy atom. The number of amides is 1. The van der Waals surface area contributed by atoms with E-state index in [0.29, 0.717) is 49.9 Å². The Morgan fingerprint density at radius 3 is 2.38 bits per heavy atom.